The highest BCUT2D eigenvalue weighted by Gasteiger charge is 2.05. The fraction of sp³-hybridized carbons (Fsp3) is 0.364. The minimum absolute atomic E-state index is 0.0747. The Bertz CT molecular complexity index is 379. The molecule has 0 atom stereocenters. The monoisotopic (exact) mass is 241 g/mol. The Morgan fingerprint density at radius 2 is 2.19 bits per heavy atom. The zero-order chi connectivity index (χ0) is 12.1. The molecular weight excluding hydrogens is 226 g/mol. The van der Waals surface area contributed by atoms with E-state index in [1.54, 1.807) is 18.2 Å². The first-order chi connectivity index (χ1) is 7.50. The molecule has 0 bridgehead atoms. The van der Waals surface area contributed by atoms with Crippen molar-refractivity contribution >= 4 is 28.9 Å². The Morgan fingerprint density at radius 3 is 2.81 bits per heavy atom. The highest BCUT2D eigenvalue weighted by Crippen LogP contribution is 2.26. The molecule has 5 heteroatoms. The summed E-state index contributed by atoms with van der Waals surface area (Å²) in [6.45, 7) is 4.00. The molecule has 0 aliphatic rings. The van der Waals surface area contributed by atoms with Gasteiger partial charge in [-0.25, -0.2) is 0 Å². The summed E-state index contributed by atoms with van der Waals surface area (Å²) < 4.78 is 0. The Kier molecular flexibility index (Phi) is 4.43. The van der Waals surface area contributed by atoms with E-state index in [2.05, 4.69) is 10.6 Å². The summed E-state index contributed by atoms with van der Waals surface area (Å²) in [4.78, 5) is 11.4. The first-order valence-corrected chi connectivity index (χ1v) is 5.45. The maximum atomic E-state index is 11.4. The van der Waals surface area contributed by atoms with Crippen LogP contribution in [0.15, 0.2) is 18.2 Å². The molecule has 0 spiro atoms. The van der Waals surface area contributed by atoms with Gasteiger partial charge in [0.25, 0.3) is 0 Å². The maximum absolute atomic E-state index is 11.4. The Labute approximate surface area is 100 Å². The van der Waals surface area contributed by atoms with Gasteiger partial charge in [0, 0.05) is 6.04 Å². The molecule has 4 nitrogen and oxygen atoms in total. The highest BCUT2D eigenvalue weighted by molar-refractivity contribution is 6.33. The van der Waals surface area contributed by atoms with Crippen molar-refractivity contribution in [3.05, 3.63) is 23.2 Å². The molecule has 0 saturated carbocycles. The topological polar surface area (TPSA) is 67.2 Å². The van der Waals surface area contributed by atoms with Crippen LogP contribution in [0.5, 0.6) is 0 Å². The van der Waals surface area contributed by atoms with E-state index in [4.69, 9.17) is 17.3 Å². The number of amides is 1. The number of nitrogens with two attached hydrogens (primary N) is 1. The van der Waals surface area contributed by atoms with E-state index in [0.717, 1.165) is 0 Å². The second kappa shape index (κ2) is 5.61. The third-order valence-corrected chi connectivity index (χ3v) is 2.27. The molecule has 0 aromatic heterocycles. The number of carbonyl (C=O) groups is 1. The van der Waals surface area contributed by atoms with Crippen LogP contribution in [0.3, 0.4) is 0 Å². The average molecular weight is 242 g/mol. The number of nitrogens with one attached hydrogen (secondary N) is 2. The third kappa shape index (κ3) is 3.62. The molecule has 0 aliphatic heterocycles. The summed E-state index contributed by atoms with van der Waals surface area (Å²) in [5, 5.41) is 6.19. The summed E-state index contributed by atoms with van der Waals surface area (Å²) in [7, 11) is 0. The minimum Gasteiger partial charge on any atom is -0.396 e. The van der Waals surface area contributed by atoms with E-state index in [-0.39, 0.29) is 18.5 Å². The first kappa shape index (κ1) is 12.6. The molecule has 88 valence electrons. The molecule has 1 rings (SSSR count). The smallest absolute Gasteiger partial charge is 0.239 e. The SMILES string of the molecule is CC(C)NC(=O)CNc1cccc(Cl)c1N. The zero-order valence-electron chi connectivity index (χ0n) is 9.38. The summed E-state index contributed by atoms with van der Waals surface area (Å²) in [5.74, 6) is -0.0747. The fourth-order valence-electron chi connectivity index (χ4n) is 1.24. The summed E-state index contributed by atoms with van der Waals surface area (Å²) >= 11 is 5.85. The van der Waals surface area contributed by atoms with Crippen molar-refractivity contribution in [1.29, 1.82) is 0 Å². The standard InChI is InChI=1S/C11H16ClN3O/c1-7(2)15-10(16)6-14-9-5-3-4-8(12)11(9)13/h3-5,7,14H,6,13H2,1-2H3,(H,15,16). The van der Waals surface area contributed by atoms with Gasteiger partial charge in [-0.05, 0) is 26.0 Å². The predicted molar refractivity (Wildman–Crippen MR) is 67.6 cm³/mol. The minimum atomic E-state index is -0.0747. The number of halogens is 1. The molecule has 0 radical (unpaired) electrons. The molecule has 0 fully saturated rings. The number of nitrogen functional groups attached to an aromatic ring is 1. The van der Waals surface area contributed by atoms with Crippen LogP contribution in [0.25, 0.3) is 0 Å². The Balaban J connectivity index is 2.55. The van der Waals surface area contributed by atoms with Crippen LogP contribution in [0.1, 0.15) is 13.8 Å². The molecule has 0 unspecified atom stereocenters. The second-order valence-electron chi connectivity index (χ2n) is 3.78. The van der Waals surface area contributed by atoms with Crippen molar-refractivity contribution in [3.8, 4) is 0 Å². The van der Waals surface area contributed by atoms with Crippen molar-refractivity contribution in [1.82, 2.24) is 5.32 Å². The van der Waals surface area contributed by atoms with Crippen LogP contribution < -0.4 is 16.4 Å². The molecule has 1 aromatic rings. The lowest BCUT2D eigenvalue weighted by Gasteiger charge is -2.12. The van der Waals surface area contributed by atoms with Crippen LogP contribution in [0, 0.1) is 0 Å². The summed E-state index contributed by atoms with van der Waals surface area (Å²) in [6.07, 6.45) is 0. The van der Waals surface area contributed by atoms with Gasteiger partial charge in [-0.1, -0.05) is 17.7 Å². The number of hydrogen-bond donors (Lipinski definition) is 3. The number of rotatable bonds is 4. The molecule has 0 saturated heterocycles. The first-order valence-electron chi connectivity index (χ1n) is 5.08. The van der Waals surface area contributed by atoms with Crippen LogP contribution >= 0.6 is 11.6 Å². The van der Waals surface area contributed by atoms with Gasteiger partial charge in [-0.15, -0.1) is 0 Å². The van der Waals surface area contributed by atoms with Crippen LogP contribution in [-0.2, 0) is 4.79 Å². The van der Waals surface area contributed by atoms with Gasteiger partial charge in [0.2, 0.25) is 5.91 Å². The van der Waals surface area contributed by atoms with Gasteiger partial charge in [0.05, 0.1) is 22.9 Å². The number of para-hydroxylation sites is 1. The van der Waals surface area contributed by atoms with Crippen molar-refractivity contribution in [2.75, 3.05) is 17.6 Å². The molecule has 4 N–H and O–H groups in total. The Morgan fingerprint density at radius 1 is 1.50 bits per heavy atom. The quantitative estimate of drug-likeness (QED) is 0.705. The molecule has 1 amide bonds. The van der Waals surface area contributed by atoms with Gasteiger partial charge in [-0.2, -0.15) is 0 Å². The van der Waals surface area contributed by atoms with Crippen LogP contribution in [-0.4, -0.2) is 18.5 Å². The normalized spacial score (nSPS) is 10.2. The lowest BCUT2D eigenvalue weighted by molar-refractivity contribution is -0.119. The van der Waals surface area contributed by atoms with Gasteiger partial charge in [0.1, 0.15) is 0 Å². The van der Waals surface area contributed by atoms with Gasteiger partial charge >= 0.3 is 0 Å². The molecule has 0 heterocycles. The third-order valence-electron chi connectivity index (χ3n) is 1.94. The number of anilines is 2. The van der Waals surface area contributed by atoms with E-state index in [9.17, 15) is 4.79 Å². The van der Waals surface area contributed by atoms with E-state index < -0.39 is 0 Å². The van der Waals surface area contributed by atoms with Crippen LogP contribution in [0.4, 0.5) is 11.4 Å². The zero-order valence-corrected chi connectivity index (χ0v) is 10.1. The average Bonchev–Trinajstić information content (AvgIpc) is 2.19. The van der Waals surface area contributed by atoms with Crippen molar-refractivity contribution in [2.45, 2.75) is 19.9 Å². The van der Waals surface area contributed by atoms with Crippen molar-refractivity contribution in [2.24, 2.45) is 0 Å². The number of hydrogen-bond acceptors (Lipinski definition) is 3. The lowest BCUT2D eigenvalue weighted by Crippen LogP contribution is -2.34. The molecule has 1 aromatic carbocycles. The maximum Gasteiger partial charge on any atom is 0.239 e. The van der Waals surface area contributed by atoms with E-state index in [1.165, 1.54) is 0 Å². The largest absolute Gasteiger partial charge is 0.396 e. The van der Waals surface area contributed by atoms with Gasteiger partial charge in [-0.3, -0.25) is 4.79 Å². The second-order valence-corrected chi connectivity index (χ2v) is 4.18. The van der Waals surface area contributed by atoms with E-state index >= 15 is 0 Å². The molecule has 0 aliphatic carbocycles. The van der Waals surface area contributed by atoms with E-state index in [1.807, 2.05) is 13.8 Å². The van der Waals surface area contributed by atoms with Crippen LogP contribution in [0.2, 0.25) is 5.02 Å². The van der Waals surface area contributed by atoms with E-state index in [0.29, 0.717) is 16.4 Å². The number of benzene rings is 1. The summed E-state index contributed by atoms with van der Waals surface area (Å²) in [5.41, 5.74) is 6.88. The molecular formula is C11H16ClN3O. The van der Waals surface area contributed by atoms with Crippen molar-refractivity contribution < 1.29 is 4.79 Å². The predicted octanol–water partition coefficient (Wildman–Crippen LogP) is 1.86. The van der Waals surface area contributed by atoms with Gasteiger partial charge in [0.15, 0.2) is 0 Å². The fourth-order valence-corrected chi connectivity index (χ4v) is 1.41. The summed E-state index contributed by atoms with van der Waals surface area (Å²) in [6, 6.07) is 5.40. The lowest BCUT2D eigenvalue weighted by atomic mass is 10.2. The van der Waals surface area contributed by atoms with Gasteiger partial charge < -0.3 is 16.4 Å². The molecule has 16 heavy (non-hydrogen) atoms. The number of carbonyl (C=O) groups excluding carboxylic acids is 1. The van der Waals surface area contributed by atoms with Crippen molar-refractivity contribution in [3.63, 3.8) is 0 Å². The highest BCUT2D eigenvalue weighted by atomic mass is 35.5. The Hall–Kier alpha value is -1.42.